The van der Waals surface area contributed by atoms with Gasteiger partial charge in [-0.1, -0.05) is 48.5 Å². The van der Waals surface area contributed by atoms with Gasteiger partial charge in [0.2, 0.25) is 0 Å². The molecule has 114 valence electrons. The van der Waals surface area contributed by atoms with Gasteiger partial charge in [0.15, 0.2) is 0 Å². The lowest BCUT2D eigenvalue weighted by Crippen LogP contribution is -2.00. The van der Waals surface area contributed by atoms with Gasteiger partial charge in [0, 0.05) is 12.3 Å². The fourth-order valence-corrected chi connectivity index (χ4v) is 2.08. The quantitative estimate of drug-likeness (QED) is 0.534. The van der Waals surface area contributed by atoms with Gasteiger partial charge in [-0.15, -0.1) is 0 Å². The molecule has 4 nitrogen and oxygen atoms in total. The molecule has 0 N–H and O–H groups in total. The Morgan fingerprint density at radius 1 is 1.00 bits per heavy atom. The van der Waals surface area contributed by atoms with E-state index >= 15 is 0 Å². The summed E-state index contributed by atoms with van der Waals surface area (Å²) in [5.41, 5.74) is 2.63. The topological polar surface area (TPSA) is 44.1 Å². The van der Waals surface area contributed by atoms with E-state index in [-0.39, 0.29) is 12.6 Å². The molecule has 3 aromatic rings. The molecule has 0 aliphatic rings. The molecule has 0 amide bonds. The predicted octanol–water partition coefficient (Wildman–Crippen LogP) is 3.63. The van der Waals surface area contributed by atoms with E-state index < -0.39 is 0 Å². The van der Waals surface area contributed by atoms with Gasteiger partial charge in [0.25, 0.3) is 0 Å². The molecule has 3 rings (SSSR count). The molecule has 0 atom stereocenters. The highest BCUT2D eigenvalue weighted by molar-refractivity contribution is 5.86. The molecule has 23 heavy (non-hydrogen) atoms. The van der Waals surface area contributed by atoms with Crippen LogP contribution in [0.3, 0.4) is 0 Å². The van der Waals surface area contributed by atoms with E-state index in [1.165, 1.54) is 6.08 Å². The molecule has 0 spiro atoms. The summed E-state index contributed by atoms with van der Waals surface area (Å²) in [4.78, 5) is 11.7. The SMILES string of the molecule is O=C(/C=C/c1ccn(-c2ccccc2)n1)OCc1ccccc1. The largest absolute Gasteiger partial charge is 0.458 e. The Bertz CT molecular complexity index is 793. The monoisotopic (exact) mass is 304 g/mol. The minimum absolute atomic E-state index is 0.266. The second-order valence-corrected chi connectivity index (χ2v) is 4.95. The smallest absolute Gasteiger partial charge is 0.331 e. The summed E-state index contributed by atoms with van der Waals surface area (Å²) < 4.78 is 6.94. The molecule has 0 aliphatic carbocycles. The van der Waals surface area contributed by atoms with Crippen molar-refractivity contribution in [3.05, 3.63) is 90.3 Å². The molecule has 1 heterocycles. The number of nitrogens with zero attached hydrogens (tertiary/aromatic N) is 2. The van der Waals surface area contributed by atoms with Crippen LogP contribution in [0.5, 0.6) is 0 Å². The Kier molecular flexibility index (Phi) is 4.64. The highest BCUT2D eigenvalue weighted by atomic mass is 16.5. The van der Waals surface area contributed by atoms with Crippen molar-refractivity contribution >= 4 is 12.0 Å². The number of rotatable bonds is 5. The Hall–Kier alpha value is -3.14. The Morgan fingerprint density at radius 3 is 2.43 bits per heavy atom. The zero-order valence-electron chi connectivity index (χ0n) is 12.5. The maximum absolute atomic E-state index is 11.7. The highest BCUT2D eigenvalue weighted by Gasteiger charge is 2.01. The van der Waals surface area contributed by atoms with Crippen LogP contribution in [0, 0.1) is 0 Å². The summed E-state index contributed by atoms with van der Waals surface area (Å²) in [5, 5.41) is 4.39. The lowest BCUT2D eigenvalue weighted by Gasteiger charge is -2.01. The lowest BCUT2D eigenvalue weighted by atomic mass is 10.2. The third-order valence-electron chi connectivity index (χ3n) is 3.24. The fourth-order valence-electron chi connectivity index (χ4n) is 2.08. The normalized spacial score (nSPS) is 10.8. The molecular weight excluding hydrogens is 288 g/mol. The minimum atomic E-state index is -0.386. The third kappa shape index (κ3) is 4.17. The van der Waals surface area contributed by atoms with Gasteiger partial charge >= 0.3 is 5.97 Å². The van der Waals surface area contributed by atoms with Crippen molar-refractivity contribution in [2.45, 2.75) is 6.61 Å². The standard InChI is InChI=1S/C19H16N2O2/c22-19(23-15-16-7-3-1-4-8-16)12-11-17-13-14-21(20-17)18-9-5-2-6-10-18/h1-14H,15H2/b12-11+. The Labute approximate surface area is 134 Å². The van der Waals surface area contributed by atoms with Crippen LogP contribution in [0.25, 0.3) is 11.8 Å². The summed E-state index contributed by atoms with van der Waals surface area (Å²) in [5.74, 6) is -0.386. The molecule has 0 saturated heterocycles. The van der Waals surface area contributed by atoms with Crippen LogP contribution in [-0.4, -0.2) is 15.7 Å². The second-order valence-electron chi connectivity index (χ2n) is 4.95. The Morgan fingerprint density at radius 2 is 1.70 bits per heavy atom. The number of aromatic nitrogens is 2. The van der Waals surface area contributed by atoms with E-state index in [1.54, 1.807) is 10.8 Å². The van der Waals surface area contributed by atoms with Crippen molar-refractivity contribution in [1.82, 2.24) is 9.78 Å². The minimum Gasteiger partial charge on any atom is -0.458 e. The molecule has 0 unspecified atom stereocenters. The average molecular weight is 304 g/mol. The van der Waals surface area contributed by atoms with Crippen LogP contribution in [0.1, 0.15) is 11.3 Å². The number of ether oxygens (including phenoxy) is 1. The zero-order valence-corrected chi connectivity index (χ0v) is 12.5. The van der Waals surface area contributed by atoms with Crippen LogP contribution >= 0.6 is 0 Å². The number of carbonyl (C=O) groups excluding carboxylic acids is 1. The van der Waals surface area contributed by atoms with Crippen molar-refractivity contribution in [3.63, 3.8) is 0 Å². The zero-order chi connectivity index (χ0) is 15.9. The Balaban J connectivity index is 1.58. The van der Waals surface area contributed by atoms with Gasteiger partial charge in [0.1, 0.15) is 6.61 Å². The van der Waals surface area contributed by atoms with E-state index in [2.05, 4.69) is 5.10 Å². The van der Waals surface area contributed by atoms with Crippen molar-refractivity contribution in [1.29, 1.82) is 0 Å². The maximum Gasteiger partial charge on any atom is 0.331 e. The predicted molar refractivity (Wildman–Crippen MR) is 88.8 cm³/mol. The van der Waals surface area contributed by atoms with Crippen LogP contribution in [0.15, 0.2) is 79.0 Å². The summed E-state index contributed by atoms with van der Waals surface area (Å²) >= 11 is 0. The van der Waals surface area contributed by atoms with E-state index in [1.807, 2.05) is 72.9 Å². The first kappa shape index (κ1) is 14.8. The molecule has 1 aromatic heterocycles. The van der Waals surface area contributed by atoms with Gasteiger partial charge in [-0.05, 0) is 29.8 Å². The molecule has 2 aromatic carbocycles. The lowest BCUT2D eigenvalue weighted by molar-refractivity contribution is -0.138. The van der Waals surface area contributed by atoms with Crippen LogP contribution in [0.4, 0.5) is 0 Å². The molecule has 0 aliphatic heterocycles. The molecule has 0 fully saturated rings. The number of para-hydroxylation sites is 1. The van der Waals surface area contributed by atoms with Crippen LogP contribution < -0.4 is 0 Å². The van der Waals surface area contributed by atoms with Gasteiger partial charge in [-0.2, -0.15) is 5.10 Å². The first-order valence-corrected chi connectivity index (χ1v) is 7.31. The van der Waals surface area contributed by atoms with Crippen LogP contribution in [0.2, 0.25) is 0 Å². The molecule has 0 saturated carbocycles. The molecule has 4 heteroatoms. The number of hydrogen-bond acceptors (Lipinski definition) is 3. The van der Waals surface area contributed by atoms with Gasteiger partial charge < -0.3 is 4.74 Å². The van der Waals surface area contributed by atoms with Crippen LogP contribution in [-0.2, 0) is 16.1 Å². The first-order valence-electron chi connectivity index (χ1n) is 7.31. The maximum atomic E-state index is 11.7. The average Bonchev–Trinajstić information content (AvgIpc) is 3.09. The van der Waals surface area contributed by atoms with Gasteiger partial charge in [0.05, 0.1) is 11.4 Å². The van der Waals surface area contributed by atoms with Crippen molar-refractivity contribution in [2.24, 2.45) is 0 Å². The number of benzene rings is 2. The number of esters is 1. The van der Waals surface area contributed by atoms with E-state index in [9.17, 15) is 4.79 Å². The molecular formula is C19H16N2O2. The van der Waals surface area contributed by atoms with Gasteiger partial charge in [-0.25, -0.2) is 9.48 Å². The third-order valence-corrected chi connectivity index (χ3v) is 3.24. The van der Waals surface area contributed by atoms with E-state index in [0.29, 0.717) is 5.69 Å². The van der Waals surface area contributed by atoms with E-state index in [4.69, 9.17) is 4.74 Å². The molecule has 0 radical (unpaired) electrons. The summed E-state index contributed by atoms with van der Waals surface area (Å²) in [6.45, 7) is 0.266. The number of hydrogen-bond donors (Lipinski definition) is 0. The first-order chi connectivity index (χ1) is 11.3. The van der Waals surface area contributed by atoms with Crippen molar-refractivity contribution in [3.8, 4) is 5.69 Å². The second kappa shape index (κ2) is 7.22. The summed E-state index contributed by atoms with van der Waals surface area (Å²) in [6, 6.07) is 21.2. The van der Waals surface area contributed by atoms with Gasteiger partial charge in [-0.3, -0.25) is 0 Å². The summed E-state index contributed by atoms with van der Waals surface area (Å²) in [7, 11) is 0. The van der Waals surface area contributed by atoms with Crippen molar-refractivity contribution in [2.75, 3.05) is 0 Å². The highest BCUT2D eigenvalue weighted by Crippen LogP contribution is 2.08. The van der Waals surface area contributed by atoms with Crippen molar-refractivity contribution < 1.29 is 9.53 Å². The van der Waals surface area contributed by atoms with E-state index in [0.717, 1.165) is 11.3 Å². The summed E-state index contributed by atoms with van der Waals surface area (Å²) in [6.07, 6.45) is 4.89. The molecule has 0 bridgehead atoms. The number of carbonyl (C=O) groups is 1. The fraction of sp³-hybridized carbons (Fsp3) is 0.0526.